The largest absolute Gasteiger partial charge is 0.337 e. The van der Waals surface area contributed by atoms with E-state index in [-0.39, 0.29) is 30.5 Å². The minimum atomic E-state index is -3.00. The Morgan fingerprint density at radius 1 is 1.35 bits per heavy atom. The molecule has 0 saturated carbocycles. The molecule has 1 aliphatic heterocycles. The van der Waals surface area contributed by atoms with Crippen LogP contribution in [0.3, 0.4) is 0 Å². The summed E-state index contributed by atoms with van der Waals surface area (Å²) < 4.78 is 23.1. The van der Waals surface area contributed by atoms with Crippen LogP contribution in [-0.2, 0) is 9.84 Å². The van der Waals surface area contributed by atoms with Crippen LogP contribution in [0.1, 0.15) is 21.0 Å². The average Bonchev–Trinajstić information content (AvgIpc) is 2.80. The van der Waals surface area contributed by atoms with E-state index in [9.17, 15) is 13.2 Å². The predicted octanol–water partition coefficient (Wildman–Crippen LogP) is 0.319. The molecule has 0 bridgehead atoms. The van der Waals surface area contributed by atoms with Crippen LogP contribution in [0.5, 0.6) is 0 Å². The summed E-state index contributed by atoms with van der Waals surface area (Å²) in [5.74, 6) is 5.71. The van der Waals surface area contributed by atoms with Gasteiger partial charge in [-0.1, -0.05) is 11.8 Å². The van der Waals surface area contributed by atoms with Crippen molar-refractivity contribution in [3.8, 4) is 11.8 Å². The molecule has 1 saturated heterocycles. The van der Waals surface area contributed by atoms with Gasteiger partial charge in [0.15, 0.2) is 9.84 Å². The van der Waals surface area contributed by atoms with Gasteiger partial charge in [-0.2, -0.15) is 0 Å². The van der Waals surface area contributed by atoms with E-state index in [1.807, 2.05) is 0 Å². The van der Waals surface area contributed by atoms with Crippen molar-refractivity contribution in [2.75, 3.05) is 31.1 Å². The van der Waals surface area contributed by atoms with Gasteiger partial charge in [-0.05, 0) is 18.6 Å². The summed E-state index contributed by atoms with van der Waals surface area (Å²) in [6, 6.07) is 3.52. The van der Waals surface area contributed by atoms with E-state index >= 15 is 0 Å². The zero-order chi connectivity index (χ0) is 14.6. The van der Waals surface area contributed by atoms with E-state index < -0.39 is 9.84 Å². The summed E-state index contributed by atoms with van der Waals surface area (Å²) in [7, 11) is -3.00. The van der Waals surface area contributed by atoms with Gasteiger partial charge in [0.25, 0.3) is 5.91 Å². The molecule has 1 aromatic heterocycles. The lowest BCUT2D eigenvalue weighted by Crippen LogP contribution is -2.33. The van der Waals surface area contributed by atoms with Crippen LogP contribution in [0.15, 0.2) is 12.1 Å². The number of carbonyl (C=O) groups is 1. The highest BCUT2D eigenvalue weighted by atomic mass is 32.2. The fourth-order valence-corrected chi connectivity index (χ4v) is 4.08. The number of hydrogen-bond acceptors (Lipinski definition) is 5. The highest BCUT2D eigenvalue weighted by Gasteiger charge is 2.24. The molecular weight excluding hydrogens is 296 g/mol. The first kappa shape index (κ1) is 15.0. The molecule has 0 spiro atoms. The van der Waals surface area contributed by atoms with Crippen molar-refractivity contribution >= 4 is 27.1 Å². The Kier molecular flexibility index (Phi) is 4.81. The molecule has 1 aromatic rings. The second-order valence-electron chi connectivity index (χ2n) is 4.47. The molecule has 20 heavy (non-hydrogen) atoms. The number of thiophene rings is 1. The van der Waals surface area contributed by atoms with Crippen molar-refractivity contribution in [2.45, 2.75) is 6.42 Å². The molecule has 0 aromatic carbocycles. The molecule has 108 valence electrons. The van der Waals surface area contributed by atoms with Crippen molar-refractivity contribution in [1.82, 2.24) is 4.90 Å². The molecule has 0 unspecified atom stereocenters. The number of sulfone groups is 1. The Labute approximate surface area is 122 Å². The van der Waals surface area contributed by atoms with Crippen molar-refractivity contribution < 1.29 is 13.2 Å². The van der Waals surface area contributed by atoms with Gasteiger partial charge in [-0.3, -0.25) is 4.79 Å². The molecule has 5 nitrogen and oxygen atoms in total. The van der Waals surface area contributed by atoms with Crippen molar-refractivity contribution in [3.05, 3.63) is 21.9 Å². The molecule has 1 fully saturated rings. The topological polar surface area (TPSA) is 80.5 Å². The molecule has 1 amide bonds. The van der Waals surface area contributed by atoms with Crippen LogP contribution in [0.2, 0.25) is 0 Å². The minimum absolute atomic E-state index is 0.0456. The van der Waals surface area contributed by atoms with Crippen LogP contribution in [0.4, 0.5) is 0 Å². The number of carbonyl (C=O) groups excluding carboxylic acids is 1. The number of nitrogens with zero attached hydrogens (tertiary/aromatic N) is 1. The number of hydrogen-bond donors (Lipinski definition) is 1. The molecule has 0 radical (unpaired) electrons. The lowest BCUT2D eigenvalue weighted by Gasteiger charge is -2.18. The Bertz CT molecular complexity index is 653. The van der Waals surface area contributed by atoms with E-state index in [1.54, 1.807) is 17.0 Å². The van der Waals surface area contributed by atoms with Gasteiger partial charge >= 0.3 is 0 Å². The Morgan fingerprint density at radius 3 is 2.90 bits per heavy atom. The number of nitrogens with two attached hydrogens (primary N) is 1. The van der Waals surface area contributed by atoms with E-state index in [0.717, 1.165) is 4.88 Å². The summed E-state index contributed by atoms with van der Waals surface area (Å²) in [5, 5.41) is 0. The molecule has 7 heteroatoms. The second-order valence-corrected chi connectivity index (χ2v) is 7.85. The molecule has 2 N–H and O–H groups in total. The third-order valence-electron chi connectivity index (χ3n) is 2.97. The number of rotatable bonds is 1. The Morgan fingerprint density at radius 2 is 2.15 bits per heavy atom. The van der Waals surface area contributed by atoms with Gasteiger partial charge in [0.1, 0.15) is 0 Å². The third kappa shape index (κ3) is 3.82. The summed E-state index contributed by atoms with van der Waals surface area (Å²) in [6.45, 7) is 1.04. The smallest absolute Gasteiger partial charge is 0.263 e. The summed E-state index contributed by atoms with van der Waals surface area (Å²) in [6.07, 6.45) is 0.499. The highest BCUT2D eigenvalue weighted by molar-refractivity contribution is 7.91. The van der Waals surface area contributed by atoms with Gasteiger partial charge in [0.2, 0.25) is 0 Å². The van der Waals surface area contributed by atoms with Crippen LogP contribution in [-0.4, -0.2) is 50.4 Å². The Hall–Kier alpha value is -1.36. The fraction of sp³-hybridized carbons (Fsp3) is 0.462. The molecule has 0 atom stereocenters. The van der Waals surface area contributed by atoms with Crippen LogP contribution >= 0.6 is 11.3 Å². The van der Waals surface area contributed by atoms with E-state index in [0.29, 0.717) is 17.8 Å². The maximum Gasteiger partial charge on any atom is 0.263 e. The molecule has 0 aliphatic carbocycles. The summed E-state index contributed by atoms with van der Waals surface area (Å²) in [4.78, 5) is 15.3. The van der Waals surface area contributed by atoms with Crippen LogP contribution in [0.25, 0.3) is 0 Å². The van der Waals surface area contributed by atoms with Gasteiger partial charge in [-0.15, -0.1) is 11.3 Å². The minimum Gasteiger partial charge on any atom is -0.337 e. The van der Waals surface area contributed by atoms with Crippen molar-refractivity contribution in [3.63, 3.8) is 0 Å². The first-order valence-electron chi connectivity index (χ1n) is 6.30. The van der Waals surface area contributed by atoms with E-state index in [1.165, 1.54) is 11.3 Å². The third-order valence-corrected chi connectivity index (χ3v) is 5.68. The normalized spacial score (nSPS) is 17.9. The SMILES string of the molecule is NCC#Cc1ccc(C(=O)N2CCCS(=O)(=O)CC2)s1. The second kappa shape index (κ2) is 6.39. The maximum absolute atomic E-state index is 12.3. The van der Waals surface area contributed by atoms with Gasteiger partial charge in [-0.25, -0.2) is 8.42 Å². The fourth-order valence-electron chi connectivity index (χ4n) is 1.96. The van der Waals surface area contributed by atoms with Crippen molar-refractivity contribution in [2.24, 2.45) is 5.73 Å². The van der Waals surface area contributed by atoms with Crippen LogP contribution in [0, 0.1) is 11.8 Å². The quantitative estimate of drug-likeness (QED) is 0.757. The standard InChI is InChI=1S/C13H16N2O3S2/c14-6-1-3-11-4-5-12(19-11)13(16)15-7-2-9-20(17,18)10-8-15/h4-5H,2,6-10,14H2. The number of amides is 1. The molecule has 1 aliphatic rings. The maximum atomic E-state index is 12.3. The van der Waals surface area contributed by atoms with Gasteiger partial charge in [0.05, 0.1) is 27.8 Å². The highest BCUT2D eigenvalue weighted by Crippen LogP contribution is 2.18. The summed E-state index contributed by atoms with van der Waals surface area (Å²) >= 11 is 1.31. The molecule has 2 heterocycles. The van der Waals surface area contributed by atoms with E-state index in [4.69, 9.17) is 5.73 Å². The zero-order valence-corrected chi connectivity index (χ0v) is 12.6. The lowest BCUT2D eigenvalue weighted by atomic mass is 10.3. The zero-order valence-electron chi connectivity index (χ0n) is 11.0. The molecule has 2 rings (SSSR count). The molecular formula is C13H16N2O3S2. The Balaban J connectivity index is 2.09. The first-order valence-corrected chi connectivity index (χ1v) is 8.94. The van der Waals surface area contributed by atoms with E-state index in [2.05, 4.69) is 11.8 Å². The van der Waals surface area contributed by atoms with Crippen LogP contribution < -0.4 is 5.73 Å². The average molecular weight is 312 g/mol. The first-order chi connectivity index (χ1) is 9.52. The summed E-state index contributed by atoms with van der Waals surface area (Å²) in [5.41, 5.74) is 5.30. The van der Waals surface area contributed by atoms with Gasteiger partial charge in [0, 0.05) is 13.1 Å². The predicted molar refractivity (Wildman–Crippen MR) is 79.4 cm³/mol. The monoisotopic (exact) mass is 312 g/mol. The van der Waals surface area contributed by atoms with Crippen molar-refractivity contribution in [1.29, 1.82) is 0 Å². The lowest BCUT2D eigenvalue weighted by molar-refractivity contribution is 0.0773. The van der Waals surface area contributed by atoms with Gasteiger partial charge < -0.3 is 10.6 Å².